The van der Waals surface area contributed by atoms with E-state index in [0.29, 0.717) is 5.02 Å². The molecule has 2 heterocycles. The molecule has 0 unspecified atom stereocenters. The molecule has 0 spiro atoms. The summed E-state index contributed by atoms with van der Waals surface area (Å²) in [5.41, 5.74) is 4.01. The number of H-pyrrole nitrogens is 1. The molecule has 0 amide bonds. The van der Waals surface area contributed by atoms with Crippen molar-refractivity contribution in [2.24, 2.45) is 5.92 Å². The Balaban J connectivity index is 1.70. The predicted octanol–water partition coefficient (Wildman–Crippen LogP) is 4.34. The first-order valence-electron chi connectivity index (χ1n) is 9.05. The normalized spacial score (nSPS) is 18.5. The molecular weight excluding hydrogens is 334 g/mol. The minimum absolute atomic E-state index is 0.0542. The van der Waals surface area contributed by atoms with E-state index in [1.165, 1.54) is 0 Å². The van der Waals surface area contributed by atoms with E-state index < -0.39 is 0 Å². The number of carbonyl (C=O) groups excluding carboxylic acids is 1. The number of aryl methyl sites for hydroxylation is 3. The Kier molecular flexibility index (Phi) is 5.60. The number of benzene rings is 1. The average Bonchev–Trinajstić information content (AvgIpc) is 2.94. The summed E-state index contributed by atoms with van der Waals surface area (Å²) in [5, 5.41) is 0.681. The van der Waals surface area contributed by atoms with Gasteiger partial charge in [0.25, 0.3) is 0 Å². The summed E-state index contributed by atoms with van der Waals surface area (Å²) in [6.07, 6.45) is 2.92. The van der Waals surface area contributed by atoms with Crippen molar-refractivity contribution in [3.05, 3.63) is 51.6 Å². The van der Waals surface area contributed by atoms with Gasteiger partial charge >= 0.3 is 0 Å². The van der Waals surface area contributed by atoms with Gasteiger partial charge in [-0.3, -0.25) is 9.69 Å². The SMILES string of the molecule is CCc1nc(CN2CCC[C@H](C(=O)c3ccc(Cl)cc3C)C2)c(C)[nH]1. The van der Waals surface area contributed by atoms with Gasteiger partial charge in [0.05, 0.1) is 5.69 Å². The number of nitrogens with one attached hydrogen (secondary N) is 1. The molecule has 1 atom stereocenters. The second-order valence-corrected chi connectivity index (χ2v) is 7.44. The largest absolute Gasteiger partial charge is 0.346 e. The Labute approximate surface area is 154 Å². The fourth-order valence-electron chi connectivity index (χ4n) is 3.63. The zero-order chi connectivity index (χ0) is 18.0. The van der Waals surface area contributed by atoms with Gasteiger partial charge in [-0.25, -0.2) is 4.98 Å². The highest BCUT2D eigenvalue weighted by Crippen LogP contribution is 2.25. The second kappa shape index (κ2) is 7.71. The lowest BCUT2D eigenvalue weighted by molar-refractivity contribution is 0.0809. The maximum atomic E-state index is 13.0. The van der Waals surface area contributed by atoms with Crippen LogP contribution in [0, 0.1) is 19.8 Å². The van der Waals surface area contributed by atoms with Gasteiger partial charge in [0.2, 0.25) is 0 Å². The molecule has 1 fully saturated rings. The van der Waals surface area contributed by atoms with Crippen molar-refractivity contribution < 1.29 is 4.79 Å². The van der Waals surface area contributed by atoms with Crippen molar-refractivity contribution in [2.75, 3.05) is 13.1 Å². The maximum absolute atomic E-state index is 13.0. The number of rotatable bonds is 5. The lowest BCUT2D eigenvalue weighted by Gasteiger charge is -2.31. The van der Waals surface area contributed by atoms with E-state index in [1.54, 1.807) is 0 Å². The van der Waals surface area contributed by atoms with Crippen molar-refractivity contribution in [2.45, 2.75) is 46.6 Å². The van der Waals surface area contributed by atoms with Gasteiger partial charge < -0.3 is 4.98 Å². The molecule has 25 heavy (non-hydrogen) atoms. The minimum atomic E-state index is 0.0542. The monoisotopic (exact) mass is 359 g/mol. The van der Waals surface area contributed by atoms with Gasteiger partial charge in [-0.1, -0.05) is 18.5 Å². The predicted molar refractivity (Wildman–Crippen MR) is 101 cm³/mol. The number of Topliss-reactive ketones (excluding diaryl/α,β-unsaturated/α-hetero) is 1. The summed E-state index contributed by atoms with van der Waals surface area (Å²) >= 11 is 6.02. The van der Waals surface area contributed by atoms with Gasteiger partial charge in [0.15, 0.2) is 5.78 Å². The van der Waals surface area contributed by atoms with Crippen molar-refractivity contribution in [1.82, 2.24) is 14.9 Å². The van der Waals surface area contributed by atoms with E-state index in [-0.39, 0.29) is 11.7 Å². The second-order valence-electron chi connectivity index (χ2n) is 7.01. The molecular formula is C20H26ClN3O. The number of nitrogens with zero attached hydrogens (tertiary/aromatic N) is 2. The topological polar surface area (TPSA) is 49.0 Å². The van der Waals surface area contributed by atoms with Crippen LogP contribution in [0.3, 0.4) is 0 Å². The van der Waals surface area contributed by atoms with Crippen LogP contribution >= 0.6 is 11.6 Å². The Morgan fingerprint density at radius 1 is 1.40 bits per heavy atom. The Morgan fingerprint density at radius 3 is 2.88 bits per heavy atom. The van der Waals surface area contributed by atoms with E-state index in [4.69, 9.17) is 11.6 Å². The van der Waals surface area contributed by atoms with E-state index in [0.717, 1.165) is 67.2 Å². The zero-order valence-corrected chi connectivity index (χ0v) is 16.0. The van der Waals surface area contributed by atoms with Crippen LogP contribution in [-0.4, -0.2) is 33.7 Å². The molecule has 0 aliphatic carbocycles. The number of likely N-dealkylation sites (tertiary alicyclic amines) is 1. The van der Waals surface area contributed by atoms with Gasteiger partial charge in [-0.05, 0) is 57.0 Å². The van der Waals surface area contributed by atoms with E-state index in [1.807, 2.05) is 25.1 Å². The zero-order valence-electron chi connectivity index (χ0n) is 15.2. The Bertz CT molecular complexity index is 768. The van der Waals surface area contributed by atoms with Crippen molar-refractivity contribution >= 4 is 17.4 Å². The summed E-state index contributed by atoms with van der Waals surface area (Å²) in [5.74, 6) is 1.33. The number of ketones is 1. The first-order chi connectivity index (χ1) is 12.0. The smallest absolute Gasteiger partial charge is 0.167 e. The highest BCUT2D eigenvalue weighted by molar-refractivity contribution is 6.30. The summed E-state index contributed by atoms with van der Waals surface area (Å²) < 4.78 is 0. The van der Waals surface area contributed by atoms with E-state index in [2.05, 4.69) is 28.7 Å². The third-order valence-corrected chi connectivity index (χ3v) is 5.31. The number of hydrogen-bond acceptors (Lipinski definition) is 3. The van der Waals surface area contributed by atoms with Crippen LogP contribution in [0.4, 0.5) is 0 Å². The molecule has 134 valence electrons. The van der Waals surface area contributed by atoms with Crippen LogP contribution in [-0.2, 0) is 13.0 Å². The number of aromatic nitrogens is 2. The molecule has 0 bridgehead atoms. The van der Waals surface area contributed by atoms with Crippen LogP contribution in [0.2, 0.25) is 5.02 Å². The van der Waals surface area contributed by atoms with E-state index in [9.17, 15) is 4.79 Å². The highest BCUT2D eigenvalue weighted by Gasteiger charge is 2.28. The quantitative estimate of drug-likeness (QED) is 0.808. The van der Waals surface area contributed by atoms with E-state index >= 15 is 0 Å². The van der Waals surface area contributed by atoms with Gasteiger partial charge in [0.1, 0.15) is 5.82 Å². The van der Waals surface area contributed by atoms with Crippen LogP contribution < -0.4 is 0 Å². The first-order valence-corrected chi connectivity index (χ1v) is 9.42. The lowest BCUT2D eigenvalue weighted by Crippen LogP contribution is -2.38. The number of piperidine rings is 1. The standard InChI is InChI=1S/C20H26ClN3O/c1-4-19-22-14(3)18(23-19)12-24-9-5-6-15(11-24)20(25)17-8-7-16(21)10-13(17)2/h7-8,10,15H,4-6,9,11-12H2,1-3H3,(H,22,23)/t15-/m0/s1. The molecule has 2 aromatic rings. The molecule has 3 rings (SSSR count). The van der Waals surface area contributed by atoms with Gasteiger partial charge in [-0.15, -0.1) is 0 Å². The van der Waals surface area contributed by atoms with Crippen LogP contribution in [0.5, 0.6) is 0 Å². The van der Waals surface area contributed by atoms with Crippen molar-refractivity contribution in [3.63, 3.8) is 0 Å². The lowest BCUT2D eigenvalue weighted by atomic mass is 9.88. The number of carbonyl (C=O) groups is 1. The molecule has 5 heteroatoms. The fraction of sp³-hybridized carbons (Fsp3) is 0.500. The van der Waals surface area contributed by atoms with Gasteiger partial charge in [0, 0.05) is 41.7 Å². The fourth-order valence-corrected chi connectivity index (χ4v) is 3.86. The van der Waals surface area contributed by atoms with Gasteiger partial charge in [-0.2, -0.15) is 0 Å². The summed E-state index contributed by atoms with van der Waals surface area (Å²) in [7, 11) is 0. The number of hydrogen-bond donors (Lipinski definition) is 1. The first kappa shape index (κ1) is 18.2. The molecule has 1 aliphatic rings. The third-order valence-electron chi connectivity index (χ3n) is 5.07. The van der Waals surface area contributed by atoms with Crippen LogP contribution in [0.25, 0.3) is 0 Å². The molecule has 4 nitrogen and oxygen atoms in total. The highest BCUT2D eigenvalue weighted by atomic mass is 35.5. The molecule has 0 radical (unpaired) electrons. The molecule has 1 aromatic heterocycles. The number of halogens is 1. The molecule has 1 N–H and O–H groups in total. The number of aromatic amines is 1. The van der Waals surface area contributed by atoms with Crippen molar-refractivity contribution in [3.8, 4) is 0 Å². The average molecular weight is 360 g/mol. The molecule has 0 saturated carbocycles. The summed E-state index contributed by atoms with van der Waals surface area (Å²) in [6.45, 7) is 8.77. The molecule has 1 aliphatic heterocycles. The van der Waals surface area contributed by atoms with Crippen LogP contribution in [0.1, 0.15) is 52.9 Å². The minimum Gasteiger partial charge on any atom is -0.346 e. The Morgan fingerprint density at radius 2 is 2.20 bits per heavy atom. The Hall–Kier alpha value is -1.65. The van der Waals surface area contributed by atoms with Crippen molar-refractivity contribution in [1.29, 1.82) is 0 Å². The number of imidazole rings is 1. The third kappa shape index (κ3) is 4.13. The maximum Gasteiger partial charge on any atom is 0.167 e. The molecule has 1 saturated heterocycles. The van der Waals surface area contributed by atoms with Crippen LogP contribution in [0.15, 0.2) is 18.2 Å². The summed E-state index contributed by atoms with van der Waals surface area (Å²) in [4.78, 5) is 23.3. The summed E-state index contributed by atoms with van der Waals surface area (Å²) in [6, 6.07) is 5.54. The molecule has 1 aromatic carbocycles.